The summed E-state index contributed by atoms with van der Waals surface area (Å²) >= 11 is 0. The number of hydrogen-bond donors (Lipinski definition) is 1. The number of rotatable bonds is 6. The summed E-state index contributed by atoms with van der Waals surface area (Å²) < 4.78 is 11.9. The van der Waals surface area contributed by atoms with Gasteiger partial charge < -0.3 is 14.8 Å². The summed E-state index contributed by atoms with van der Waals surface area (Å²) in [6.45, 7) is 4.73. The fraction of sp³-hybridized carbons (Fsp3) is 0.286. The molecule has 0 fully saturated rings. The molecular weight excluding hydrogens is 382 g/mol. The van der Waals surface area contributed by atoms with Crippen LogP contribution in [0.25, 0.3) is 0 Å². The predicted octanol–water partition coefficient (Wildman–Crippen LogP) is 6.88. The highest BCUT2D eigenvalue weighted by Gasteiger charge is 2.38. The summed E-state index contributed by atoms with van der Waals surface area (Å²) in [4.78, 5) is 0. The van der Waals surface area contributed by atoms with Crippen molar-refractivity contribution in [1.29, 1.82) is 0 Å². The molecular formula is C28H29NO2. The molecule has 3 nitrogen and oxygen atoms in total. The van der Waals surface area contributed by atoms with Gasteiger partial charge in [-0.25, -0.2) is 0 Å². The van der Waals surface area contributed by atoms with E-state index in [1.807, 2.05) is 18.2 Å². The maximum Gasteiger partial charge on any atom is 0.120 e. The summed E-state index contributed by atoms with van der Waals surface area (Å²) in [6, 6.07) is 25.6. The van der Waals surface area contributed by atoms with E-state index >= 15 is 0 Å². The van der Waals surface area contributed by atoms with Crippen LogP contribution in [0, 0.1) is 5.92 Å². The zero-order valence-corrected chi connectivity index (χ0v) is 18.1. The molecule has 3 unspecified atom stereocenters. The minimum Gasteiger partial charge on any atom is -0.491 e. The van der Waals surface area contributed by atoms with Crippen LogP contribution in [0.2, 0.25) is 0 Å². The molecule has 0 bridgehead atoms. The molecule has 1 heterocycles. The first-order valence-electron chi connectivity index (χ1n) is 11.2. The summed E-state index contributed by atoms with van der Waals surface area (Å²) in [5.74, 6) is 2.79. The zero-order chi connectivity index (χ0) is 21.2. The normalized spacial score (nSPS) is 21.3. The minimum atomic E-state index is 0.180. The Hall–Kier alpha value is -3.20. The summed E-state index contributed by atoms with van der Waals surface area (Å²) in [6.07, 6.45) is 5.96. The van der Waals surface area contributed by atoms with Gasteiger partial charge in [-0.2, -0.15) is 0 Å². The van der Waals surface area contributed by atoms with Crippen molar-refractivity contribution in [3.05, 3.63) is 102 Å². The summed E-state index contributed by atoms with van der Waals surface area (Å²) in [5.41, 5.74) is 5.03. The fourth-order valence-electron chi connectivity index (χ4n) is 4.76. The molecule has 1 aliphatic heterocycles. The van der Waals surface area contributed by atoms with Crippen LogP contribution in [0.3, 0.4) is 0 Å². The SMILES string of the molecule is CC(C)Oc1ccc2c(c1)C1C=CCC1C(c1ccc(OCc3ccccc3)cc1)N2. The van der Waals surface area contributed by atoms with E-state index in [-0.39, 0.29) is 12.1 Å². The molecule has 158 valence electrons. The van der Waals surface area contributed by atoms with Crippen molar-refractivity contribution in [1.82, 2.24) is 0 Å². The number of ether oxygens (including phenoxy) is 2. The van der Waals surface area contributed by atoms with Crippen LogP contribution in [0.5, 0.6) is 11.5 Å². The van der Waals surface area contributed by atoms with Gasteiger partial charge in [-0.15, -0.1) is 0 Å². The van der Waals surface area contributed by atoms with Crippen molar-refractivity contribution in [3.8, 4) is 11.5 Å². The maximum absolute atomic E-state index is 5.98. The molecule has 1 N–H and O–H groups in total. The van der Waals surface area contributed by atoms with E-state index in [1.54, 1.807) is 0 Å². The summed E-state index contributed by atoms with van der Waals surface area (Å²) in [5, 5.41) is 3.81. The van der Waals surface area contributed by atoms with E-state index in [0.29, 0.717) is 18.4 Å². The monoisotopic (exact) mass is 411 g/mol. The molecule has 3 aromatic rings. The molecule has 3 heteroatoms. The second-order valence-corrected chi connectivity index (χ2v) is 8.73. The van der Waals surface area contributed by atoms with Crippen LogP contribution >= 0.6 is 0 Å². The quantitative estimate of drug-likeness (QED) is 0.449. The van der Waals surface area contributed by atoms with Gasteiger partial charge in [0.25, 0.3) is 0 Å². The number of anilines is 1. The van der Waals surface area contributed by atoms with Gasteiger partial charge in [-0.05, 0) is 73.2 Å². The molecule has 0 radical (unpaired) electrons. The van der Waals surface area contributed by atoms with Gasteiger partial charge in [-0.1, -0.05) is 54.6 Å². The van der Waals surface area contributed by atoms with Crippen LogP contribution < -0.4 is 14.8 Å². The lowest BCUT2D eigenvalue weighted by Crippen LogP contribution is -2.29. The molecule has 0 spiro atoms. The molecule has 0 amide bonds. The van der Waals surface area contributed by atoms with E-state index in [1.165, 1.54) is 22.4 Å². The standard InChI is InChI=1S/C28H29NO2/c1-19(2)31-23-15-16-27-26(17-23)24-9-6-10-25(24)28(29-27)21-11-13-22(14-12-21)30-18-20-7-4-3-5-8-20/h3-9,11-17,19,24-25,28-29H,10,18H2,1-2H3. The highest BCUT2D eigenvalue weighted by Crippen LogP contribution is 2.50. The van der Waals surface area contributed by atoms with E-state index in [0.717, 1.165) is 17.9 Å². The van der Waals surface area contributed by atoms with Crippen molar-refractivity contribution in [2.45, 2.75) is 44.9 Å². The fourth-order valence-corrected chi connectivity index (χ4v) is 4.76. The lowest BCUT2D eigenvalue weighted by Gasteiger charge is -2.37. The number of benzene rings is 3. The van der Waals surface area contributed by atoms with E-state index in [9.17, 15) is 0 Å². The predicted molar refractivity (Wildman–Crippen MR) is 126 cm³/mol. The molecule has 31 heavy (non-hydrogen) atoms. The third kappa shape index (κ3) is 4.18. The smallest absolute Gasteiger partial charge is 0.120 e. The van der Waals surface area contributed by atoms with E-state index in [2.05, 4.69) is 85.9 Å². The van der Waals surface area contributed by atoms with Crippen LogP contribution in [-0.2, 0) is 6.61 Å². The van der Waals surface area contributed by atoms with Gasteiger partial charge in [0.2, 0.25) is 0 Å². The summed E-state index contributed by atoms with van der Waals surface area (Å²) in [7, 11) is 0. The van der Waals surface area contributed by atoms with Gasteiger partial charge in [0.15, 0.2) is 0 Å². The third-order valence-electron chi connectivity index (χ3n) is 6.19. The first-order valence-corrected chi connectivity index (χ1v) is 11.2. The molecule has 0 aromatic heterocycles. The molecule has 1 aliphatic carbocycles. The van der Waals surface area contributed by atoms with Crippen molar-refractivity contribution in [2.24, 2.45) is 5.92 Å². The van der Waals surface area contributed by atoms with Gasteiger partial charge in [0.1, 0.15) is 18.1 Å². The Morgan fingerprint density at radius 1 is 0.935 bits per heavy atom. The Morgan fingerprint density at radius 2 is 1.71 bits per heavy atom. The molecule has 3 atom stereocenters. The third-order valence-corrected chi connectivity index (χ3v) is 6.19. The molecule has 5 rings (SSSR count). The highest BCUT2D eigenvalue weighted by molar-refractivity contribution is 5.61. The molecule has 0 saturated carbocycles. The second kappa shape index (κ2) is 8.50. The second-order valence-electron chi connectivity index (χ2n) is 8.73. The number of hydrogen-bond acceptors (Lipinski definition) is 3. The Morgan fingerprint density at radius 3 is 2.48 bits per heavy atom. The average molecular weight is 412 g/mol. The minimum absolute atomic E-state index is 0.180. The average Bonchev–Trinajstić information content (AvgIpc) is 3.28. The van der Waals surface area contributed by atoms with Crippen molar-refractivity contribution < 1.29 is 9.47 Å². The van der Waals surface area contributed by atoms with Crippen molar-refractivity contribution in [3.63, 3.8) is 0 Å². The van der Waals surface area contributed by atoms with Crippen molar-refractivity contribution >= 4 is 5.69 Å². The molecule has 2 aliphatic rings. The first-order chi connectivity index (χ1) is 15.2. The zero-order valence-electron chi connectivity index (χ0n) is 18.1. The van der Waals surface area contributed by atoms with Gasteiger partial charge >= 0.3 is 0 Å². The number of nitrogens with one attached hydrogen (secondary N) is 1. The topological polar surface area (TPSA) is 30.5 Å². The van der Waals surface area contributed by atoms with Crippen molar-refractivity contribution in [2.75, 3.05) is 5.32 Å². The van der Waals surface area contributed by atoms with E-state index in [4.69, 9.17) is 9.47 Å². The Balaban J connectivity index is 1.34. The Labute approximate surface area is 184 Å². The van der Waals surface area contributed by atoms with E-state index < -0.39 is 0 Å². The number of fused-ring (bicyclic) bond motifs is 3. The Kier molecular flexibility index (Phi) is 5.42. The first kappa shape index (κ1) is 19.7. The Bertz CT molecular complexity index is 1060. The van der Waals surface area contributed by atoms with Gasteiger partial charge in [-0.3, -0.25) is 0 Å². The van der Waals surface area contributed by atoms with Gasteiger partial charge in [0, 0.05) is 11.6 Å². The van der Waals surface area contributed by atoms with Gasteiger partial charge in [0.05, 0.1) is 12.1 Å². The highest BCUT2D eigenvalue weighted by atomic mass is 16.5. The maximum atomic E-state index is 5.98. The van der Waals surface area contributed by atoms with Crippen LogP contribution in [0.1, 0.15) is 48.9 Å². The molecule has 0 saturated heterocycles. The van der Waals surface area contributed by atoms with Crippen LogP contribution in [0.15, 0.2) is 84.9 Å². The van der Waals surface area contributed by atoms with Crippen LogP contribution in [-0.4, -0.2) is 6.10 Å². The largest absolute Gasteiger partial charge is 0.491 e. The lowest BCUT2D eigenvalue weighted by atomic mass is 9.77. The number of allylic oxidation sites excluding steroid dienone is 2. The van der Waals surface area contributed by atoms with Crippen LogP contribution in [0.4, 0.5) is 5.69 Å². The molecule has 3 aromatic carbocycles. The lowest BCUT2D eigenvalue weighted by molar-refractivity contribution is 0.242.